The third kappa shape index (κ3) is 5.42. The van der Waals surface area contributed by atoms with Crippen molar-refractivity contribution in [1.82, 2.24) is 0 Å². The molecule has 222 valence electrons. The number of para-hydroxylation sites is 1. The molecule has 1 N–H and O–H groups in total. The van der Waals surface area contributed by atoms with Crippen LogP contribution in [0.3, 0.4) is 0 Å². The maximum Gasteiger partial charge on any atom is 0.411 e. The van der Waals surface area contributed by atoms with Gasteiger partial charge in [-0.05, 0) is 104 Å². The van der Waals surface area contributed by atoms with E-state index in [0.29, 0.717) is 17.5 Å². The Morgan fingerprint density at radius 3 is 2.52 bits per heavy atom. The van der Waals surface area contributed by atoms with Gasteiger partial charge in [0.2, 0.25) is 0 Å². The Kier molecular flexibility index (Phi) is 7.79. The molecule has 0 radical (unpaired) electrons. The molecule has 42 heavy (non-hydrogen) atoms. The Balaban J connectivity index is 1.26. The number of amides is 1. The van der Waals surface area contributed by atoms with Crippen LogP contribution in [0.1, 0.15) is 55.2 Å². The number of hydrogen-bond acceptors (Lipinski definition) is 6. The van der Waals surface area contributed by atoms with Gasteiger partial charge in [0.15, 0.2) is 0 Å². The summed E-state index contributed by atoms with van der Waals surface area (Å²) in [6.07, 6.45) is 3.64. The number of aryl methyl sites for hydroxylation is 2. The quantitative estimate of drug-likeness (QED) is 0.296. The first-order valence-electron chi connectivity index (χ1n) is 14.8. The number of anilines is 1. The molecular weight excluding hydrogens is 550 g/mol. The van der Waals surface area contributed by atoms with Crippen LogP contribution in [0.15, 0.2) is 77.7 Å². The smallest absolute Gasteiger partial charge is 0.411 e. The van der Waals surface area contributed by atoms with E-state index in [2.05, 4.69) is 30.4 Å². The van der Waals surface area contributed by atoms with Crippen molar-refractivity contribution < 1.29 is 26.9 Å². The van der Waals surface area contributed by atoms with Crippen molar-refractivity contribution in [2.24, 2.45) is 23.2 Å². The van der Waals surface area contributed by atoms with Crippen LogP contribution in [-0.4, -0.2) is 34.3 Å². The fourth-order valence-corrected chi connectivity index (χ4v) is 8.90. The van der Waals surface area contributed by atoms with E-state index in [1.165, 1.54) is 11.1 Å². The molecule has 0 aromatic heterocycles. The number of benzene rings is 3. The van der Waals surface area contributed by atoms with Crippen molar-refractivity contribution in [2.75, 3.05) is 19.0 Å². The summed E-state index contributed by atoms with van der Waals surface area (Å²) in [5.41, 5.74) is 4.09. The molecule has 6 rings (SSSR count). The van der Waals surface area contributed by atoms with Crippen LogP contribution >= 0.6 is 0 Å². The molecule has 8 heteroatoms. The summed E-state index contributed by atoms with van der Waals surface area (Å²) >= 11 is 0. The largest absolute Gasteiger partial charge is 0.497 e. The number of nitrogens with one attached hydrogen (secondary N) is 1. The number of methoxy groups -OCH3 is 1. The fourth-order valence-electron chi connectivity index (χ4n) is 7.94. The first kappa shape index (κ1) is 28.7. The third-order valence-corrected chi connectivity index (χ3v) is 11.3. The van der Waals surface area contributed by atoms with Crippen molar-refractivity contribution in [3.05, 3.63) is 89.5 Å². The van der Waals surface area contributed by atoms with E-state index < -0.39 is 22.3 Å². The number of carbonyl (C=O) groups is 1. The maximum absolute atomic E-state index is 13.2. The lowest BCUT2D eigenvalue weighted by Gasteiger charge is -2.50. The minimum atomic E-state index is -3.96. The van der Waals surface area contributed by atoms with E-state index in [1.807, 2.05) is 37.3 Å². The molecule has 0 saturated heterocycles. The second-order valence-electron chi connectivity index (χ2n) is 12.4. The van der Waals surface area contributed by atoms with Crippen LogP contribution in [-0.2, 0) is 25.5 Å². The van der Waals surface area contributed by atoms with E-state index >= 15 is 0 Å². The predicted molar refractivity (Wildman–Crippen MR) is 161 cm³/mol. The number of hydrogen-bond donors (Lipinski definition) is 1. The van der Waals surface area contributed by atoms with Gasteiger partial charge in [0, 0.05) is 17.0 Å². The number of ether oxygens (including phenoxy) is 2. The van der Waals surface area contributed by atoms with Crippen molar-refractivity contribution >= 4 is 21.9 Å². The normalized spacial score (nSPS) is 28.2. The molecule has 0 spiro atoms. The Morgan fingerprint density at radius 1 is 1.02 bits per heavy atom. The highest BCUT2D eigenvalue weighted by molar-refractivity contribution is 7.86. The highest BCUT2D eigenvalue weighted by atomic mass is 32.2. The number of carbonyl (C=O) groups excluding carboxylic acids is 1. The van der Waals surface area contributed by atoms with Gasteiger partial charge < -0.3 is 9.47 Å². The maximum atomic E-state index is 13.2. The van der Waals surface area contributed by atoms with Crippen molar-refractivity contribution in [3.8, 4) is 5.75 Å². The van der Waals surface area contributed by atoms with E-state index in [-0.39, 0.29) is 28.8 Å². The molecule has 0 bridgehead atoms. The van der Waals surface area contributed by atoms with Gasteiger partial charge in [-0.3, -0.25) is 9.50 Å². The van der Waals surface area contributed by atoms with Crippen LogP contribution < -0.4 is 10.1 Å². The zero-order valence-corrected chi connectivity index (χ0v) is 25.2. The van der Waals surface area contributed by atoms with E-state index in [1.54, 1.807) is 31.4 Å². The molecular formula is C34H39NO6S. The number of rotatable bonds is 7. The van der Waals surface area contributed by atoms with Gasteiger partial charge in [-0.25, -0.2) is 4.79 Å². The van der Waals surface area contributed by atoms with Gasteiger partial charge in [-0.15, -0.1) is 0 Å². The average molecular weight is 590 g/mol. The summed E-state index contributed by atoms with van der Waals surface area (Å²) < 4.78 is 43.7. The summed E-state index contributed by atoms with van der Waals surface area (Å²) in [6, 6.07) is 22.3. The second-order valence-corrected chi connectivity index (χ2v) is 14.0. The minimum Gasteiger partial charge on any atom is -0.497 e. The lowest BCUT2D eigenvalue weighted by atomic mass is 9.55. The van der Waals surface area contributed by atoms with Crippen LogP contribution in [0.25, 0.3) is 0 Å². The van der Waals surface area contributed by atoms with Crippen LogP contribution in [0.4, 0.5) is 10.5 Å². The molecule has 3 aromatic rings. The van der Waals surface area contributed by atoms with Crippen LogP contribution in [0, 0.1) is 30.1 Å². The van der Waals surface area contributed by atoms with Gasteiger partial charge >= 0.3 is 6.09 Å². The first-order chi connectivity index (χ1) is 20.2. The van der Waals surface area contributed by atoms with E-state index in [9.17, 15) is 13.2 Å². The summed E-state index contributed by atoms with van der Waals surface area (Å²) in [5, 5.41) is 2.85. The monoisotopic (exact) mass is 589 g/mol. The standard InChI is InChI=1S/C34H39NO6S/c1-22-9-13-27(14-10-22)42(37,38)40-21-24-20-31-30-15-11-23-19-26(39-3)12-16-28(23)29(30)17-18-34(31,2)32(24)41-33(36)35-25-7-5-4-6-8-25/h4-10,12-14,16,19,24,29-32H,11,15,17-18,20-21H2,1-3H3,(H,35,36)/t24-,29+,30+,31-,32-,34-/m0/s1. The summed E-state index contributed by atoms with van der Waals surface area (Å²) in [7, 11) is -2.25. The SMILES string of the molecule is COc1ccc2c(c1)CC[C@@H]1[C@@H]2CC[C@@]2(C)[C@H]1C[C@@H](COS(=O)(=O)c1ccc(C)cc1)[C@@H]2OC(=O)Nc1ccccc1. The van der Waals surface area contributed by atoms with Crippen molar-refractivity contribution in [1.29, 1.82) is 0 Å². The molecule has 1 amide bonds. The Morgan fingerprint density at radius 2 is 1.79 bits per heavy atom. The zero-order valence-electron chi connectivity index (χ0n) is 24.4. The molecule has 3 aliphatic carbocycles. The second kappa shape index (κ2) is 11.4. The molecule has 0 aliphatic heterocycles. The lowest BCUT2D eigenvalue weighted by Crippen LogP contribution is -2.46. The van der Waals surface area contributed by atoms with Gasteiger partial charge in [0.05, 0.1) is 18.6 Å². The Bertz CT molecular complexity index is 1540. The zero-order chi connectivity index (χ0) is 29.5. The van der Waals surface area contributed by atoms with Gasteiger partial charge in [0.25, 0.3) is 10.1 Å². The highest BCUT2D eigenvalue weighted by Crippen LogP contribution is 2.63. The molecule has 2 saturated carbocycles. The van der Waals surface area contributed by atoms with Gasteiger partial charge in [0.1, 0.15) is 11.9 Å². The summed E-state index contributed by atoms with van der Waals surface area (Å²) in [5.74, 6) is 1.76. The lowest BCUT2D eigenvalue weighted by molar-refractivity contribution is -0.0414. The highest BCUT2D eigenvalue weighted by Gasteiger charge is 2.60. The average Bonchev–Trinajstić information content (AvgIpc) is 3.27. The Labute approximate surface area is 248 Å². The Hall–Kier alpha value is -3.36. The molecule has 3 aromatic carbocycles. The summed E-state index contributed by atoms with van der Waals surface area (Å²) in [4.78, 5) is 13.3. The van der Waals surface area contributed by atoms with Gasteiger partial charge in [-0.1, -0.05) is 48.9 Å². The topological polar surface area (TPSA) is 90.9 Å². The molecule has 7 nitrogen and oxygen atoms in total. The first-order valence-corrected chi connectivity index (χ1v) is 16.2. The van der Waals surface area contributed by atoms with Crippen LogP contribution in [0.2, 0.25) is 0 Å². The summed E-state index contributed by atoms with van der Waals surface area (Å²) in [6.45, 7) is 4.11. The molecule has 2 fully saturated rings. The van der Waals surface area contributed by atoms with E-state index in [0.717, 1.165) is 43.4 Å². The van der Waals surface area contributed by atoms with Gasteiger partial charge in [-0.2, -0.15) is 8.42 Å². The fraction of sp³-hybridized carbons (Fsp3) is 0.441. The molecule has 6 atom stereocenters. The molecule has 3 aliphatic rings. The van der Waals surface area contributed by atoms with Crippen LogP contribution in [0.5, 0.6) is 5.75 Å². The molecule has 0 unspecified atom stereocenters. The predicted octanol–water partition coefficient (Wildman–Crippen LogP) is 7.11. The number of fused-ring (bicyclic) bond motifs is 5. The van der Waals surface area contributed by atoms with Crippen molar-refractivity contribution in [2.45, 2.75) is 62.9 Å². The minimum absolute atomic E-state index is 0.0310. The van der Waals surface area contributed by atoms with E-state index in [4.69, 9.17) is 13.7 Å². The van der Waals surface area contributed by atoms with Crippen molar-refractivity contribution in [3.63, 3.8) is 0 Å². The third-order valence-electron chi connectivity index (χ3n) is 10.0. The molecule has 0 heterocycles.